The van der Waals surface area contributed by atoms with Crippen LogP contribution >= 0.6 is 0 Å². The molecule has 4 rings (SSSR count). The summed E-state index contributed by atoms with van der Waals surface area (Å²) in [7, 11) is 0. The monoisotopic (exact) mass is 410 g/mol. The molecule has 1 heterocycles. The second-order valence-electron chi connectivity index (χ2n) is 10.5. The van der Waals surface area contributed by atoms with Gasteiger partial charge in [0.05, 0.1) is 6.04 Å². The van der Waals surface area contributed by atoms with Crippen molar-refractivity contribution in [1.29, 1.82) is 0 Å². The molecule has 1 aliphatic heterocycles. The van der Waals surface area contributed by atoms with Crippen LogP contribution in [0, 0.1) is 5.41 Å². The van der Waals surface area contributed by atoms with Crippen molar-refractivity contribution >= 4 is 5.57 Å². The Hall–Kier alpha value is -2.84. The van der Waals surface area contributed by atoms with Gasteiger partial charge in [-0.1, -0.05) is 113 Å². The highest BCUT2D eigenvalue weighted by atomic mass is 15.4. The van der Waals surface area contributed by atoms with E-state index in [0.29, 0.717) is 5.41 Å². The molecule has 0 saturated heterocycles. The molecular formula is C29H34N2. The molecule has 1 unspecified atom stereocenters. The molecule has 2 nitrogen and oxygen atoms in total. The molecule has 0 aromatic heterocycles. The van der Waals surface area contributed by atoms with E-state index in [-0.39, 0.29) is 11.5 Å². The normalized spacial score (nSPS) is 16.7. The van der Waals surface area contributed by atoms with Crippen LogP contribution in [-0.4, -0.2) is 0 Å². The summed E-state index contributed by atoms with van der Waals surface area (Å²) >= 11 is 0. The lowest BCUT2D eigenvalue weighted by Gasteiger charge is -2.33. The highest BCUT2D eigenvalue weighted by Crippen LogP contribution is 2.38. The van der Waals surface area contributed by atoms with Gasteiger partial charge in [0, 0.05) is 6.20 Å². The first-order chi connectivity index (χ1) is 14.7. The molecule has 1 atom stereocenters. The molecule has 2 heteroatoms. The molecule has 0 fully saturated rings. The van der Waals surface area contributed by atoms with Gasteiger partial charge in [0.25, 0.3) is 0 Å². The predicted octanol–water partition coefficient (Wildman–Crippen LogP) is 7.26. The molecule has 0 spiro atoms. The molecule has 2 N–H and O–H groups in total. The van der Waals surface area contributed by atoms with E-state index in [1.54, 1.807) is 0 Å². The van der Waals surface area contributed by atoms with Crippen LogP contribution in [0.25, 0.3) is 16.7 Å². The fourth-order valence-corrected chi connectivity index (χ4v) is 4.92. The summed E-state index contributed by atoms with van der Waals surface area (Å²) in [5, 5.41) is 0. The Morgan fingerprint density at radius 3 is 1.87 bits per heavy atom. The summed E-state index contributed by atoms with van der Waals surface area (Å²) < 4.78 is 0. The van der Waals surface area contributed by atoms with E-state index in [2.05, 4.69) is 131 Å². The van der Waals surface area contributed by atoms with Crippen molar-refractivity contribution in [2.75, 3.05) is 0 Å². The molecule has 31 heavy (non-hydrogen) atoms. The molecule has 0 saturated carbocycles. The largest absolute Gasteiger partial charge is 0.328 e. The van der Waals surface area contributed by atoms with E-state index in [4.69, 9.17) is 0 Å². The number of hydrazine groups is 1. The van der Waals surface area contributed by atoms with E-state index in [1.165, 1.54) is 33.4 Å². The first-order valence-corrected chi connectivity index (χ1v) is 11.2. The standard InChI is InChI=1S/C29H34N2/c1-28(2,3)20-29(4,5)25-17-15-24(16-18-25)27-26(19-30-31-27)23-13-11-22(12-14-23)21-9-7-6-8-10-21/h6-19,27,30-31H,20H2,1-5H3. The fraction of sp³-hybridized carbons (Fsp3) is 0.310. The van der Waals surface area contributed by atoms with Crippen LogP contribution < -0.4 is 10.9 Å². The molecule has 160 valence electrons. The van der Waals surface area contributed by atoms with Crippen molar-refractivity contribution in [3.05, 3.63) is 102 Å². The molecule has 3 aromatic carbocycles. The first kappa shape index (κ1) is 21.4. The molecule has 0 radical (unpaired) electrons. The SMILES string of the molecule is CC(C)(C)CC(C)(C)c1ccc(C2NNC=C2c2ccc(-c3ccccc3)cc2)cc1. The van der Waals surface area contributed by atoms with Crippen molar-refractivity contribution in [2.45, 2.75) is 52.5 Å². The molecule has 0 aliphatic carbocycles. The van der Waals surface area contributed by atoms with Crippen molar-refractivity contribution in [1.82, 2.24) is 10.9 Å². The third-order valence-corrected chi connectivity index (χ3v) is 6.09. The van der Waals surface area contributed by atoms with E-state index < -0.39 is 0 Å². The van der Waals surface area contributed by atoms with Gasteiger partial charge in [-0.3, -0.25) is 0 Å². The lowest BCUT2D eigenvalue weighted by molar-refractivity contribution is 0.284. The molecule has 1 aliphatic rings. The van der Waals surface area contributed by atoms with Gasteiger partial charge in [0.2, 0.25) is 0 Å². The Balaban J connectivity index is 1.53. The Bertz CT molecular complexity index is 1040. The Kier molecular flexibility index (Phi) is 5.77. The van der Waals surface area contributed by atoms with E-state index in [0.717, 1.165) is 6.42 Å². The van der Waals surface area contributed by atoms with Gasteiger partial charge in [-0.15, -0.1) is 0 Å². The third kappa shape index (κ3) is 4.91. The summed E-state index contributed by atoms with van der Waals surface area (Å²) in [6.45, 7) is 11.6. The van der Waals surface area contributed by atoms with Crippen molar-refractivity contribution in [3.63, 3.8) is 0 Å². The van der Waals surface area contributed by atoms with Crippen LogP contribution in [0.2, 0.25) is 0 Å². The van der Waals surface area contributed by atoms with Crippen LogP contribution in [0.5, 0.6) is 0 Å². The van der Waals surface area contributed by atoms with Gasteiger partial charge >= 0.3 is 0 Å². The summed E-state index contributed by atoms with van der Waals surface area (Å²) in [6.07, 6.45) is 3.24. The zero-order valence-corrected chi connectivity index (χ0v) is 19.4. The lowest BCUT2D eigenvalue weighted by atomic mass is 9.72. The third-order valence-electron chi connectivity index (χ3n) is 6.09. The second-order valence-corrected chi connectivity index (χ2v) is 10.5. The highest BCUT2D eigenvalue weighted by molar-refractivity contribution is 5.75. The average Bonchev–Trinajstić information content (AvgIpc) is 3.23. The second kappa shape index (κ2) is 8.36. The van der Waals surface area contributed by atoms with E-state index in [9.17, 15) is 0 Å². The summed E-state index contributed by atoms with van der Waals surface area (Å²) in [6, 6.07) is 28.7. The van der Waals surface area contributed by atoms with E-state index >= 15 is 0 Å². The first-order valence-electron chi connectivity index (χ1n) is 11.2. The molecular weight excluding hydrogens is 376 g/mol. The smallest absolute Gasteiger partial charge is 0.0780 e. The van der Waals surface area contributed by atoms with Crippen LogP contribution in [0.4, 0.5) is 0 Å². The quantitative estimate of drug-likeness (QED) is 0.462. The topological polar surface area (TPSA) is 24.1 Å². The number of hydrogen-bond acceptors (Lipinski definition) is 2. The maximum absolute atomic E-state index is 3.42. The predicted molar refractivity (Wildman–Crippen MR) is 132 cm³/mol. The Morgan fingerprint density at radius 2 is 1.26 bits per heavy atom. The van der Waals surface area contributed by atoms with Crippen LogP contribution in [0.1, 0.15) is 63.8 Å². The number of rotatable bonds is 5. The lowest BCUT2D eigenvalue weighted by Crippen LogP contribution is -2.26. The minimum Gasteiger partial charge on any atom is -0.328 e. The Labute approximate surface area is 187 Å². The summed E-state index contributed by atoms with van der Waals surface area (Å²) in [5.74, 6) is 0. The minimum absolute atomic E-state index is 0.141. The summed E-state index contributed by atoms with van der Waals surface area (Å²) in [5.41, 5.74) is 14.8. The molecule has 0 amide bonds. The van der Waals surface area contributed by atoms with Gasteiger partial charge < -0.3 is 5.43 Å². The van der Waals surface area contributed by atoms with Crippen molar-refractivity contribution < 1.29 is 0 Å². The van der Waals surface area contributed by atoms with Crippen molar-refractivity contribution in [2.24, 2.45) is 5.41 Å². The summed E-state index contributed by atoms with van der Waals surface area (Å²) in [4.78, 5) is 0. The van der Waals surface area contributed by atoms with Gasteiger partial charge in [-0.2, -0.15) is 0 Å². The zero-order valence-electron chi connectivity index (χ0n) is 19.4. The van der Waals surface area contributed by atoms with Crippen LogP contribution in [0.15, 0.2) is 85.1 Å². The van der Waals surface area contributed by atoms with Gasteiger partial charge in [0.1, 0.15) is 0 Å². The van der Waals surface area contributed by atoms with E-state index in [1.807, 2.05) is 0 Å². The highest BCUT2D eigenvalue weighted by Gasteiger charge is 2.28. The zero-order chi connectivity index (χ0) is 22.1. The van der Waals surface area contributed by atoms with Crippen LogP contribution in [-0.2, 0) is 5.41 Å². The van der Waals surface area contributed by atoms with Crippen molar-refractivity contribution in [3.8, 4) is 11.1 Å². The van der Waals surface area contributed by atoms with Gasteiger partial charge in [-0.05, 0) is 50.6 Å². The Morgan fingerprint density at radius 1 is 0.677 bits per heavy atom. The maximum Gasteiger partial charge on any atom is 0.0780 e. The fourth-order valence-electron chi connectivity index (χ4n) is 4.92. The molecule has 3 aromatic rings. The van der Waals surface area contributed by atoms with Gasteiger partial charge in [0.15, 0.2) is 0 Å². The molecule has 0 bridgehead atoms. The van der Waals surface area contributed by atoms with Crippen LogP contribution in [0.3, 0.4) is 0 Å². The van der Waals surface area contributed by atoms with Gasteiger partial charge in [-0.25, -0.2) is 5.43 Å². The average molecular weight is 411 g/mol. The minimum atomic E-state index is 0.141. The number of benzene rings is 3. The maximum atomic E-state index is 3.42. The number of hydrogen-bond donors (Lipinski definition) is 2. The number of nitrogens with one attached hydrogen (secondary N) is 2.